The van der Waals surface area contributed by atoms with Gasteiger partial charge in [0.15, 0.2) is 11.5 Å². The summed E-state index contributed by atoms with van der Waals surface area (Å²) < 4.78 is 16.9. The summed E-state index contributed by atoms with van der Waals surface area (Å²) in [4.78, 5) is 31.3. The maximum absolute atomic E-state index is 12.8. The number of carbonyl (C=O) groups is 2. The largest absolute Gasteiger partial charge is 0.490 e. The highest BCUT2D eigenvalue weighted by Gasteiger charge is 2.20. The van der Waals surface area contributed by atoms with Gasteiger partial charge in [-0.1, -0.05) is 6.07 Å². The molecule has 2 N–H and O–H groups in total. The van der Waals surface area contributed by atoms with Crippen molar-refractivity contribution in [3.63, 3.8) is 0 Å². The van der Waals surface area contributed by atoms with E-state index in [2.05, 4.69) is 15.8 Å². The maximum Gasteiger partial charge on any atom is 0.281 e. The molecule has 3 aromatic rings. The van der Waals surface area contributed by atoms with Crippen LogP contribution in [0, 0.1) is 6.92 Å². The lowest BCUT2D eigenvalue weighted by Gasteiger charge is -2.17. The summed E-state index contributed by atoms with van der Waals surface area (Å²) in [7, 11) is 0. The predicted octanol–water partition coefficient (Wildman–Crippen LogP) is 4.45. The van der Waals surface area contributed by atoms with Crippen LogP contribution in [-0.4, -0.2) is 36.6 Å². The topological polar surface area (TPSA) is 98.8 Å². The third kappa shape index (κ3) is 5.38. The number of nitrogens with zero attached hydrogens (tertiary/aromatic N) is 1. The first-order valence-electron chi connectivity index (χ1n) is 10.2. The van der Waals surface area contributed by atoms with E-state index in [9.17, 15) is 9.59 Å². The predicted molar refractivity (Wildman–Crippen MR) is 125 cm³/mol. The fourth-order valence-electron chi connectivity index (χ4n) is 2.87. The first kappa shape index (κ1) is 23.6. The molecule has 2 heterocycles. The first-order valence-corrected chi connectivity index (χ1v) is 11.9. The molecule has 0 spiro atoms. The Balaban J connectivity index is 1.76. The van der Waals surface area contributed by atoms with Gasteiger partial charge in [0, 0.05) is 5.56 Å². The Hall–Kier alpha value is -3.11. The summed E-state index contributed by atoms with van der Waals surface area (Å²) in [5.41, 5.74) is 5.78. The average molecular weight is 476 g/mol. The number of hydrogen-bond donors (Lipinski definition) is 2. The highest BCUT2D eigenvalue weighted by molar-refractivity contribution is 7.22. The fourth-order valence-corrected chi connectivity index (χ4v) is 4.63. The minimum Gasteiger partial charge on any atom is -0.490 e. The molecule has 0 fully saturated rings. The molecule has 0 saturated heterocycles. The summed E-state index contributed by atoms with van der Waals surface area (Å²) >= 11 is 2.83. The van der Waals surface area contributed by atoms with Crippen LogP contribution >= 0.6 is 22.7 Å². The summed E-state index contributed by atoms with van der Waals surface area (Å²) in [5.74, 6) is 0.297. The molecule has 170 valence electrons. The van der Waals surface area contributed by atoms with Gasteiger partial charge in [-0.05, 0) is 51.3 Å². The second-order valence-corrected chi connectivity index (χ2v) is 8.37. The van der Waals surface area contributed by atoms with Crippen LogP contribution < -0.4 is 25.1 Å². The second kappa shape index (κ2) is 11.0. The van der Waals surface area contributed by atoms with Gasteiger partial charge in [-0.15, -0.1) is 22.7 Å². The van der Waals surface area contributed by atoms with Crippen molar-refractivity contribution in [2.75, 3.05) is 19.8 Å². The summed E-state index contributed by atoms with van der Waals surface area (Å²) in [5, 5.41) is 2.72. The number of aromatic nitrogens is 1. The summed E-state index contributed by atoms with van der Waals surface area (Å²) in [6.45, 7) is 8.50. The molecule has 0 aliphatic carbocycles. The van der Waals surface area contributed by atoms with Gasteiger partial charge in [0.2, 0.25) is 5.75 Å². The molecule has 2 aromatic heterocycles. The minimum atomic E-state index is -0.510. The van der Waals surface area contributed by atoms with E-state index in [0.717, 1.165) is 9.88 Å². The van der Waals surface area contributed by atoms with Crippen molar-refractivity contribution < 1.29 is 23.8 Å². The van der Waals surface area contributed by atoms with Crippen molar-refractivity contribution in [2.24, 2.45) is 0 Å². The molecule has 10 heteroatoms. The van der Waals surface area contributed by atoms with E-state index in [1.54, 1.807) is 30.4 Å². The lowest BCUT2D eigenvalue weighted by Crippen LogP contribution is -2.41. The fraction of sp³-hybridized carbons (Fsp3) is 0.318. The van der Waals surface area contributed by atoms with E-state index in [4.69, 9.17) is 14.2 Å². The number of thiazole rings is 1. The van der Waals surface area contributed by atoms with Crippen LogP contribution in [0.4, 0.5) is 0 Å². The molecule has 0 saturated carbocycles. The molecule has 2 amide bonds. The number of hydrogen-bond acceptors (Lipinski definition) is 8. The molecule has 0 unspecified atom stereocenters. The van der Waals surface area contributed by atoms with Crippen LogP contribution in [0.2, 0.25) is 0 Å². The summed E-state index contributed by atoms with van der Waals surface area (Å²) in [6.07, 6.45) is 0. The van der Waals surface area contributed by atoms with Gasteiger partial charge >= 0.3 is 0 Å². The molecule has 0 bridgehead atoms. The van der Waals surface area contributed by atoms with E-state index in [1.807, 2.05) is 38.3 Å². The molecule has 0 aliphatic rings. The van der Waals surface area contributed by atoms with Crippen LogP contribution in [-0.2, 0) is 0 Å². The van der Waals surface area contributed by atoms with Crippen LogP contribution in [0.1, 0.15) is 46.5 Å². The van der Waals surface area contributed by atoms with Gasteiger partial charge < -0.3 is 14.2 Å². The van der Waals surface area contributed by atoms with E-state index in [1.165, 1.54) is 11.3 Å². The molecule has 0 radical (unpaired) electrons. The lowest BCUT2D eigenvalue weighted by atomic mass is 10.1. The molecule has 0 aliphatic heterocycles. The SMILES string of the molecule is CCOc1cc(C(=O)NNC(=O)c2sc(-c3cccs3)nc2C)cc(OCC)c1OCC. The highest BCUT2D eigenvalue weighted by atomic mass is 32.1. The smallest absolute Gasteiger partial charge is 0.281 e. The molecule has 3 rings (SSSR count). The average Bonchev–Trinajstić information content (AvgIpc) is 3.44. The normalized spacial score (nSPS) is 10.5. The number of thiophene rings is 1. The van der Waals surface area contributed by atoms with Gasteiger partial charge in [-0.25, -0.2) is 4.98 Å². The molecule has 8 nitrogen and oxygen atoms in total. The van der Waals surface area contributed by atoms with Crippen molar-refractivity contribution in [3.8, 4) is 27.1 Å². The Morgan fingerprint density at radius 1 is 0.969 bits per heavy atom. The zero-order valence-corrected chi connectivity index (χ0v) is 19.9. The van der Waals surface area contributed by atoms with Crippen molar-refractivity contribution in [1.82, 2.24) is 15.8 Å². The third-order valence-electron chi connectivity index (χ3n) is 4.20. The molecule has 0 atom stereocenters. The standard InChI is InChI=1S/C22H25N3O5S2/c1-5-28-15-11-14(12-16(29-6-2)18(15)30-7-3)20(26)24-25-21(27)19-13(4)23-22(32-19)17-9-8-10-31-17/h8-12H,5-7H2,1-4H3,(H,24,26)(H,25,27). The van der Waals surface area contributed by atoms with Crippen molar-refractivity contribution in [1.29, 1.82) is 0 Å². The number of rotatable bonds is 9. The quantitative estimate of drug-likeness (QED) is 0.444. The highest BCUT2D eigenvalue weighted by Crippen LogP contribution is 2.39. The zero-order valence-electron chi connectivity index (χ0n) is 18.3. The number of ether oxygens (including phenoxy) is 3. The van der Waals surface area contributed by atoms with Crippen LogP contribution in [0.25, 0.3) is 9.88 Å². The Morgan fingerprint density at radius 2 is 1.59 bits per heavy atom. The number of amides is 2. The molecule has 32 heavy (non-hydrogen) atoms. The van der Waals surface area contributed by atoms with Gasteiger partial charge in [-0.2, -0.15) is 0 Å². The summed E-state index contributed by atoms with van der Waals surface area (Å²) in [6, 6.07) is 7.00. The van der Waals surface area contributed by atoms with E-state index in [0.29, 0.717) is 47.6 Å². The van der Waals surface area contributed by atoms with E-state index in [-0.39, 0.29) is 5.56 Å². The Kier molecular flexibility index (Phi) is 8.07. The van der Waals surface area contributed by atoms with E-state index < -0.39 is 11.8 Å². The third-order valence-corrected chi connectivity index (χ3v) is 6.39. The Morgan fingerprint density at radius 3 is 2.16 bits per heavy atom. The van der Waals surface area contributed by atoms with Gasteiger partial charge in [0.1, 0.15) is 9.88 Å². The minimum absolute atomic E-state index is 0.265. The number of benzene rings is 1. The lowest BCUT2D eigenvalue weighted by molar-refractivity contribution is 0.0848. The second-order valence-electron chi connectivity index (χ2n) is 6.42. The number of nitrogens with one attached hydrogen (secondary N) is 2. The molecular formula is C22H25N3O5S2. The molecule has 1 aromatic carbocycles. The van der Waals surface area contributed by atoms with Gasteiger partial charge in [0.25, 0.3) is 11.8 Å². The number of aryl methyl sites for hydroxylation is 1. The number of hydrazine groups is 1. The Labute approximate surface area is 194 Å². The Bertz CT molecular complexity index is 1050. The van der Waals surface area contributed by atoms with Crippen LogP contribution in [0.15, 0.2) is 29.6 Å². The van der Waals surface area contributed by atoms with Crippen molar-refractivity contribution in [2.45, 2.75) is 27.7 Å². The number of carbonyl (C=O) groups excluding carboxylic acids is 2. The van der Waals surface area contributed by atoms with Gasteiger partial charge in [0.05, 0.1) is 30.4 Å². The maximum atomic E-state index is 12.8. The van der Waals surface area contributed by atoms with E-state index >= 15 is 0 Å². The zero-order chi connectivity index (χ0) is 23.1. The monoisotopic (exact) mass is 475 g/mol. The molecular weight excluding hydrogens is 450 g/mol. The van der Waals surface area contributed by atoms with Crippen LogP contribution in [0.3, 0.4) is 0 Å². The van der Waals surface area contributed by atoms with Crippen molar-refractivity contribution >= 4 is 34.5 Å². The van der Waals surface area contributed by atoms with Crippen molar-refractivity contribution in [3.05, 3.63) is 45.8 Å². The van der Waals surface area contributed by atoms with Crippen LogP contribution in [0.5, 0.6) is 17.2 Å². The van der Waals surface area contributed by atoms with Gasteiger partial charge in [-0.3, -0.25) is 20.4 Å². The first-order chi connectivity index (χ1) is 15.5.